The fraction of sp³-hybridized carbons (Fsp3) is 0.412. The number of carbonyl (C=O) groups excluding carboxylic acids is 1. The zero-order valence-corrected chi connectivity index (χ0v) is 13.0. The summed E-state index contributed by atoms with van der Waals surface area (Å²) >= 11 is 0. The van der Waals surface area contributed by atoms with Crippen LogP contribution in [0.4, 0.5) is 0 Å². The Balaban J connectivity index is 2.43. The van der Waals surface area contributed by atoms with Crippen LogP contribution in [-0.4, -0.2) is 11.1 Å². The van der Waals surface area contributed by atoms with E-state index in [1.54, 1.807) is 0 Å². The molecular formula is C17H22N2O2. The molecular weight excluding hydrogens is 264 g/mol. The Kier molecular flexibility index (Phi) is 4.46. The highest BCUT2D eigenvalue weighted by Gasteiger charge is 2.20. The molecule has 1 unspecified atom stereocenters. The molecule has 21 heavy (non-hydrogen) atoms. The van der Waals surface area contributed by atoms with Crippen LogP contribution in [0.25, 0.3) is 11.1 Å². The zero-order chi connectivity index (χ0) is 15.6. The van der Waals surface area contributed by atoms with E-state index < -0.39 is 0 Å². The summed E-state index contributed by atoms with van der Waals surface area (Å²) in [6.45, 7) is 7.99. The largest absolute Gasteiger partial charge is 0.369 e. The van der Waals surface area contributed by atoms with Gasteiger partial charge in [0.25, 0.3) is 0 Å². The predicted octanol–water partition coefficient (Wildman–Crippen LogP) is 3.57. The van der Waals surface area contributed by atoms with Crippen LogP contribution in [0.1, 0.15) is 43.2 Å². The Labute approximate surface area is 125 Å². The third kappa shape index (κ3) is 3.32. The SMILES string of the molecule is Cc1noc(C)c1-c1cccc(C(CC(C)C)C(N)=O)c1. The van der Waals surface area contributed by atoms with Gasteiger partial charge in [0.05, 0.1) is 11.6 Å². The van der Waals surface area contributed by atoms with E-state index in [0.717, 1.165) is 34.6 Å². The number of hydrogen-bond donors (Lipinski definition) is 1. The molecule has 4 heteroatoms. The van der Waals surface area contributed by atoms with Gasteiger partial charge in [0, 0.05) is 5.56 Å². The second-order valence-corrected chi connectivity index (χ2v) is 5.91. The van der Waals surface area contributed by atoms with Gasteiger partial charge in [-0.3, -0.25) is 4.79 Å². The van der Waals surface area contributed by atoms with E-state index in [4.69, 9.17) is 10.3 Å². The first-order chi connectivity index (χ1) is 9.90. The molecule has 4 nitrogen and oxygen atoms in total. The Morgan fingerprint density at radius 1 is 1.33 bits per heavy atom. The van der Waals surface area contributed by atoms with Crippen LogP contribution < -0.4 is 5.73 Å². The first kappa shape index (κ1) is 15.3. The van der Waals surface area contributed by atoms with Crippen molar-refractivity contribution in [1.29, 1.82) is 0 Å². The molecule has 2 rings (SSSR count). The molecule has 0 spiro atoms. The molecule has 1 heterocycles. The van der Waals surface area contributed by atoms with Crippen LogP contribution in [0.3, 0.4) is 0 Å². The highest BCUT2D eigenvalue weighted by molar-refractivity contribution is 5.82. The van der Waals surface area contributed by atoms with Crippen molar-refractivity contribution >= 4 is 5.91 Å². The van der Waals surface area contributed by atoms with Gasteiger partial charge >= 0.3 is 0 Å². The van der Waals surface area contributed by atoms with Crippen molar-refractivity contribution in [2.24, 2.45) is 11.7 Å². The maximum Gasteiger partial charge on any atom is 0.224 e. The summed E-state index contributed by atoms with van der Waals surface area (Å²) in [6.07, 6.45) is 0.750. The summed E-state index contributed by atoms with van der Waals surface area (Å²) in [4.78, 5) is 11.8. The lowest BCUT2D eigenvalue weighted by Crippen LogP contribution is -2.22. The Morgan fingerprint density at radius 2 is 2.05 bits per heavy atom. The quantitative estimate of drug-likeness (QED) is 0.913. The Hall–Kier alpha value is -2.10. The summed E-state index contributed by atoms with van der Waals surface area (Å²) in [7, 11) is 0. The Morgan fingerprint density at radius 3 is 2.57 bits per heavy atom. The van der Waals surface area contributed by atoms with E-state index in [1.165, 1.54) is 0 Å². The molecule has 0 saturated carbocycles. The van der Waals surface area contributed by atoms with Gasteiger partial charge in [-0.1, -0.05) is 43.3 Å². The molecule has 1 atom stereocenters. The standard InChI is InChI=1S/C17H22N2O2/c1-10(2)8-15(17(18)20)13-6-5-7-14(9-13)16-11(3)19-21-12(16)4/h5-7,9-10,15H,8H2,1-4H3,(H2,18,20). The van der Waals surface area contributed by atoms with Crippen LogP contribution >= 0.6 is 0 Å². The highest BCUT2D eigenvalue weighted by Crippen LogP contribution is 2.31. The van der Waals surface area contributed by atoms with Crippen LogP contribution in [0.15, 0.2) is 28.8 Å². The van der Waals surface area contributed by atoms with Crippen molar-refractivity contribution in [3.63, 3.8) is 0 Å². The fourth-order valence-corrected chi connectivity index (χ4v) is 2.69. The summed E-state index contributed by atoms with van der Waals surface area (Å²) in [5.41, 5.74) is 9.38. The van der Waals surface area contributed by atoms with Gasteiger partial charge in [-0.25, -0.2) is 0 Å². The number of amides is 1. The summed E-state index contributed by atoms with van der Waals surface area (Å²) in [6, 6.07) is 7.93. The van der Waals surface area contributed by atoms with E-state index >= 15 is 0 Å². The van der Waals surface area contributed by atoms with Crippen molar-refractivity contribution in [1.82, 2.24) is 5.16 Å². The first-order valence-electron chi connectivity index (χ1n) is 7.22. The number of nitrogens with zero attached hydrogens (tertiary/aromatic N) is 1. The van der Waals surface area contributed by atoms with E-state index in [-0.39, 0.29) is 11.8 Å². The molecule has 1 aromatic carbocycles. The van der Waals surface area contributed by atoms with Gasteiger partial charge in [-0.05, 0) is 37.3 Å². The monoisotopic (exact) mass is 286 g/mol. The van der Waals surface area contributed by atoms with E-state index in [0.29, 0.717) is 5.92 Å². The van der Waals surface area contributed by atoms with Gasteiger partial charge in [0.15, 0.2) is 0 Å². The lowest BCUT2D eigenvalue weighted by molar-refractivity contribution is -0.119. The second kappa shape index (κ2) is 6.12. The molecule has 0 saturated heterocycles. The van der Waals surface area contributed by atoms with Gasteiger partial charge in [0.2, 0.25) is 5.91 Å². The van der Waals surface area contributed by atoms with Crippen molar-refractivity contribution < 1.29 is 9.32 Å². The number of primary amides is 1. The molecule has 2 aromatic rings. The molecule has 2 N–H and O–H groups in total. The molecule has 0 aliphatic carbocycles. The van der Waals surface area contributed by atoms with Gasteiger partial charge in [0.1, 0.15) is 5.76 Å². The average Bonchev–Trinajstić information content (AvgIpc) is 2.75. The van der Waals surface area contributed by atoms with Crippen molar-refractivity contribution in [3.05, 3.63) is 41.3 Å². The van der Waals surface area contributed by atoms with Crippen molar-refractivity contribution in [3.8, 4) is 11.1 Å². The maximum atomic E-state index is 11.8. The lowest BCUT2D eigenvalue weighted by atomic mass is 9.88. The minimum atomic E-state index is -0.278. The number of benzene rings is 1. The number of aromatic nitrogens is 1. The van der Waals surface area contributed by atoms with Gasteiger partial charge in [-0.15, -0.1) is 0 Å². The minimum absolute atomic E-state index is 0.259. The minimum Gasteiger partial charge on any atom is -0.369 e. The van der Waals surface area contributed by atoms with E-state index in [1.807, 2.05) is 38.1 Å². The van der Waals surface area contributed by atoms with Crippen LogP contribution in [0, 0.1) is 19.8 Å². The molecule has 0 radical (unpaired) electrons. The number of carbonyl (C=O) groups is 1. The molecule has 0 aliphatic heterocycles. The molecule has 0 fully saturated rings. The van der Waals surface area contributed by atoms with Crippen LogP contribution in [0.2, 0.25) is 0 Å². The molecule has 1 aromatic heterocycles. The zero-order valence-electron chi connectivity index (χ0n) is 13.0. The van der Waals surface area contributed by atoms with Crippen LogP contribution in [0.5, 0.6) is 0 Å². The smallest absolute Gasteiger partial charge is 0.224 e. The lowest BCUT2D eigenvalue weighted by Gasteiger charge is -2.17. The highest BCUT2D eigenvalue weighted by atomic mass is 16.5. The second-order valence-electron chi connectivity index (χ2n) is 5.91. The molecule has 0 aliphatic rings. The molecule has 0 bridgehead atoms. The average molecular weight is 286 g/mol. The number of hydrogen-bond acceptors (Lipinski definition) is 3. The van der Waals surface area contributed by atoms with Crippen molar-refractivity contribution in [2.75, 3.05) is 0 Å². The predicted molar refractivity (Wildman–Crippen MR) is 82.8 cm³/mol. The van der Waals surface area contributed by atoms with Gasteiger partial charge < -0.3 is 10.3 Å². The topological polar surface area (TPSA) is 69.1 Å². The number of aryl methyl sites for hydroxylation is 2. The number of rotatable bonds is 5. The summed E-state index contributed by atoms with van der Waals surface area (Å²) in [5, 5.41) is 3.98. The normalized spacial score (nSPS) is 12.6. The van der Waals surface area contributed by atoms with Crippen LogP contribution in [-0.2, 0) is 4.79 Å². The Bertz CT molecular complexity index is 624. The maximum absolute atomic E-state index is 11.8. The third-order valence-corrected chi connectivity index (χ3v) is 3.66. The van der Waals surface area contributed by atoms with E-state index in [2.05, 4.69) is 19.0 Å². The summed E-state index contributed by atoms with van der Waals surface area (Å²) in [5.74, 6) is 0.652. The first-order valence-corrected chi connectivity index (χ1v) is 7.22. The molecule has 1 amide bonds. The summed E-state index contributed by atoms with van der Waals surface area (Å²) < 4.78 is 5.22. The van der Waals surface area contributed by atoms with Crippen molar-refractivity contribution in [2.45, 2.75) is 40.0 Å². The van der Waals surface area contributed by atoms with Gasteiger partial charge in [-0.2, -0.15) is 0 Å². The fourth-order valence-electron chi connectivity index (χ4n) is 2.69. The number of nitrogens with two attached hydrogens (primary N) is 1. The third-order valence-electron chi connectivity index (χ3n) is 3.66. The molecule has 112 valence electrons. The van der Waals surface area contributed by atoms with E-state index in [9.17, 15) is 4.79 Å².